The van der Waals surface area contributed by atoms with E-state index in [1.54, 1.807) is 0 Å². The summed E-state index contributed by atoms with van der Waals surface area (Å²) in [6.07, 6.45) is 2.17. The van der Waals surface area contributed by atoms with Crippen molar-refractivity contribution in [1.29, 1.82) is 0 Å². The summed E-state index contributed by atoms with van der Waals surface area (Å²) in [7, 11) is 0. The zero-order valence-corrected chi connectivity index (χ0v) is 8.08. The average molecular weight is 170 g/mol. The van der Waals surface area contributed by atoms with Crippen molar-refractivity contribution < 1.29 is 9.84 Å². The van der Waals surface area contributed by atoms with Gasteiger partial charge in [0.25, 0.3) is 0 Å². The van der Waals surface area contributed by atoms with Gasteiger partial charge in [0.2, 0.25) is 0 Å². The zero-order valence-electron chi connectivity index (χ0n) is 8.08. The van der Waals surface area contributed by atoms with Crippen molar-refractivity contribution in [1.82, 2.24) is 0 Å². The monoisotopic (exact) mass is 170 g/mol. The van der Waals surface area contributed by atoms with E-state index in [2.05, 4.69) is 13.8 Å². The van der Waals surface area contributed by atoms with E-state index in [-0.39, 0.29) is 11.7 Å². The van der Waals surface area contributed by atoms with Crippen LogP contribution < -0.4 is 0 Å². The van der Waals surface area contributed by atoms with E-state index >= 15 is 0 Å². The number of rotatable bonds is 1. The molecule has 1 saturated heterocycles. The minimum absolute atomic E-state index is 0.175. The number of hydrogen-bond donors (Lipinski definition) is 1. The van der Waals surface area contributed by atoms with Crippen LogP contribution in [-0.4, -0.2) is 22.9 Å². The summed E-state index contributed by atoms with van der Waals surface area (Å²) in [6, 6.07) is 0. The highest BCUT2D eigenvalue weighted by Crippen LogP contribution is 2.50. The average Bonchev–Trinajstić information content (AvgIpc) is 2.62. The van der Waals surface area contributed by atoms with Gasteiger partial charge in [-0.2, -0.15) is 0 Å². The summed E-state index contributed by atoms with van der Waals surface area (Å²) >= 11 is 0. The van der Waals surface area contributed by atoms with Crippen LogP contribution in [0.25, 0.3) is 0 Å². The third-order valence-corrected chi connectivity index (χ3v) is 3.63. The van der Waals surface area contributed by atoms with Crippen LogP contribution in [-0.2, 0) is 4.74 Å². The second-order valence-electron chi connectivity index (χ2n) is 4.78. The maximum atomic E-state index is 9.77. The van der Waals surface area contributed by atoms with Crippen LogP contribution in [0.2, 0.25) is 0 Å². The van der Waals surface area contributed by atoms with Gasteiger partial charge in [-0.05, 0) is 31.6 Å². The van der Waals surface area contributed by atoms with Crippen molar-refractivity contribution in [2.75, 3.05) is 0 Å². The molecule has 1 aliphatic carbocycles. The molecule has 0 spiro atoms. The Kier molecular flexibility index (Phi) is 1.74. The Hall–Kier alpha value is -0.0800. The molecular formula is C10H18O2. The molecule has 1 N–H and O–H groups in total. The van der Waals surface area contributed by atoms with Gasteiger partial charge in [-0.3, -0.25) is 0 Å². The SMILES string of the molecule is CC(C)[C@H]1CC(O)[C@]2(C)OC2C1. The van der Waals surface area contributed by atoms with Gasteiger partial charge in [-0.25, -0.2) is 0 Å². The molecule has 2 rings (SSSR count). The minimum atomic E-state index is -0.233. The molecule has 70 valence electrons. The predicted octanol–water partition coefficient (Wildman–Crippen LogP) is 1.57. The molecule has 0 bridgehead atoms. The van der Waals surface area contributed by atoms with E-state index in [4.69, 9.17) is 4.74 Å². The molecule has 2 unspecified atom stereocenters. The van der Waals surface area contributed by atoms with Crippen molar-refractivity contribution in [2.24, 2.45) is 11.8 Å². The lowest BCUT2D eigenvalue weighted by atomic mass is 9.76. The van der Waals surface area contributed by atoms with Crippen molar-refractivity contribution in [3.63, 3.8) is 0 Å². The molecule has 0 aromatic rings. The summed E-state index contributed by atoms with van der Waals surface area (Å²) in [5.74, 6) is 1.33. The molecule has 1 saturated carbocycles. The van der Waals surface area contributed by atoms with Gasteiger partial charge >= 0.3 is 0 Å². The topological polar surface area (TPSA) is 32.8 Å². The van der Waals surface area contributed by atoms with E-state index in [0.29, 0.717) is 17.9 Å². The number of epoxide rings is 1. The van der Waals surface area contributed by atoms with Crippen LogP contribution >= 0.6 is 0 Å². The normalized spacial score (nSPS) is 52.2. The summed E-state index contributed by atoms with van der Waals surface area (Å²) < 4.78 is 5.51. The van der Waals surface area contributed by atoms with Crippen LogP contribution in [0, 0.1) is 11.8 Å². The number of hydrogen-bond acceptors (Lipinski definition) is 2. The van der Waals surface area contributed by atoms with Crippen LogP contribution in [0.1, 0.15) is 33.6 Å². The lowest BCUT2D eigenvalue weighted by Gasteiger charge is -2.29. The lowest BCUT2D eigenvalue weighted by Crippen LogP contribution is -2.37. The molecule has 0 aromatic carbocycles. The molecule has 1 heterocycles. The molecule has 4 atom stereocenters. The van der Waals surface area contributed by atoms with Gasteiger partial charge in [0.1, 0.15) is 5.60 Å². The number of aliphatic hydroxyl groups excluding tert-OH is 1. The predicted molar refractivity (Wildman–Crippen MR) is 46.8 cm³/mol. The van der Waals surface area contributed by atoms with E-state index in [1.165, 1.54) is 0 Å². The van der Waals surface area contributed by atoms with Gasteiger partial charge in [0.15, 0.2) is 0 Å². The van der Waals surface area contributed by atoms with Gasteiger partial charge < -0.3 is 9.84 Å². The Morgan fingerprint density at radius 1 is 1.42 bits per heavy atom. The Labute approximate surface area is 73.9 Å². The lowest BCUT2D eigenvalue weighted by molar-refractivity contribution is 0.0509. The smallest absolute Gasteiger partial charge is 0.118 e. The van der Waals surface area contributed by atoms with Crippen LogP contribution in [0.5, 0.6) is 0 Å². The molecule has 1 aliphatic heterocycles. The van der Waals surface area contributed by atoms with Gasteiger partial charge in [0, 0.05) is 0 Å². The van der Waals surface area contributed by atoms with Crippen molar-refractivity contribution >= 4 is 0 Å². The Morgan fingerprint density at radius 3 is 2.58 bits per heavy atom. The molecule has 2 aliphatic rings. The van der Waals surface area contributed by atoms with Gasteiger partial charge in [-0.15, -0.1) is 0 Å². The second kappa shape index (κ2) is 2.46. The molecule has 12 heavy (non-hydrogen) atoms. The van der Waals surface area contributed by atoms with Gasteiger partial charge in [0.05, 0.1) is 12.2 Å². The summed E-state index contributed by atoms with van der Waals surface area (Å²) in [5.41, 5.74) is -0.175. The molecule has 0 amide bonds. The second-order valence-corrected chi connectivity index (χ2v) is 4.78. The first kappa shape index (κ1) is 8.52. The van der Waals surface area contributed by atoms with E-state index in [9.17, 15) is 5.11 Å². The van der Waals surface area contributed by atoms with Crippen molar-refractivity contribution in [3.8, 4) is 0 Å². The molecule has 2 nitrogen and oxygen atoms in total. The zero-order chi connectivity index (χ0) is 8.93. The van der Waals surface area contributed by atoms with Crippen LogP contribution in [0.3, 0.4) is 0 Å². The first-order valence-electron chi connectivity index (χ1n) is 4.90. The quantitative estimate of drug-likeness (QED) is 0.606. The fourth-order valence-electron chi connectivity index (χ4n) is 2.28. The molecular weight excluding hydrogens is 152 g/mol. The van der Waals surface area contributed by atoms with E-state index in [1.807, 2.05) is 6.92 Å². The Balaban J connectivity index is 2.02. The third-order valence-electron chi connectivity index (χ3n) is 3.63. The Morgan fingerprint density at radius 2 is 2.08 bits per heavy atom. The highest BCUT2D eigenvalue weighted by molar-refractivity contribution is 5.09. The summed E-state index contributed by atoms with van der Waals surface area (Å²) in [4.78, 5) is 0. The third kappa shape index (κ3) is 1.09. The summed E-state index contributed by atoms with van der Waals surface area (Å²) in [6.45, 7) is 6.48. The van der Waals surface area contributed by atoms with Crippen LogP contribution in [0.15, 0.2) is 0 Å². The maximum absolute atomic E-state index is 9.77. The van der Waals surface area contributed by atoms with Crippen LogP contribution in [0.4, 0.5) is 0 Å². The van der Waals surface area contributed by atoms with Crippen molar-refractivity contribution in [3.05, 3.63) is 0 Å². The standard InChI is InChI=1S/C10H18O2/c1-6(2)7-4-8(11)10(3)9(5-7)12-10/h6-9,11H,4-5H2,1-3H3/t7-,8?,9?,10-/m0/s1. The molecule has 0 aromatic heterocycles. The maximum Gasteiger partial charge on any atom is 0.118 e. The van der Waals surface area contributed by atoms with E-state index < -0.39 is 0 Å². The minimum Gasteiger partial charge on any atom is -0.390 e. The molecule has 2 fully saturated rings. The number of fused-ring (bicyclic) bond motifs is 1. The van der Waals surface area contributed by atoms with Crippen molar-refractivity contribution in [2.45, 2.75) is 51.4 Å². The van der Waals surface area contributed by atoms with Gasteiger partial charge in [-0.1, -0.05) is 13.8 Å². The first-order valence-corrected chi connectivity index (χ1v) is 4.90. The fraction of sp³-hybridized carbons (Fsp3) is 1.00. The Bertz CT molecular complexity index is 190. The highest BCUT2D eigenvalue weighted by atomic mass is 16.6. The number of ether oxygens (including phenoxy) is 1. The highest BCUT2D eigenvalue weighted by Gasteiger charge is 2.61. The first-order chi connectivity index (χ1) is 5.54. The molecule has 2 heteroatoms. The number of aliphatic hydroxyl groups is 1. The summed E-state index contributed by atoms with van der Waals surface area (Å²) in [5, 5.41) is 9.77. The molecule has 0 radical (unpaired) electrons. The fourth-order valence-corrected chi connectivity index (χ4v) is 2.28. The van der Waals surface area contributed by atoms with E-state index in [0.717, 1.165) is 12.8 Å². The largest absolute Gasteiger partial charge is 0.390 e.